The molecule has 1 aromatic carbocycles. The van der Waals surface area contributed by atoms with Crippen LogP contribution in [0.5, 0.6) is 0 Å². The Bertz CT molecular complexity index is 728. The van der Waals surface area contributed by atoms with Gasteiger partial charge in [0.1, 0.15) is 6.33 Å². The van der Waals surface area contributed by atoms with Crippen LogP contribution in [0.25, 0.3) is 16.9 Å². The largest absolute Gasteiger partial charge is 0.395 e. The van der Waals surface area contributed by atoms with Gasteiger partial charge in [-0.2, -0.15) is 9.97 Å². The Kier molecular flexibility index (Phi) is 3.49. The number of para-hydroxylation sites is 1. The van der Waals surface area contributed by atoms with Gasteiger partial charge in [-0.3, -0.25) is 4.57 Å². The number of anilines is 1. The molecule has 0 amide bonds. The number of nitrogens with one attached hydrogen (secondary N) is 1. The molecule has 0 spiro atoms. The fraction of sp³-hybridized carbons (Fsp3) is 0.154. The van der Waals surface area contributed by atoms with E-state index in [0.717, 1.165) is 5.69 Å². The molecule has 2 N–H and O–H groups in total. The molecule has 0 aliphatic carbocycles. The second kappa shape index (κ2) is 5.44. The second-order valence-electron chi connectivity index (χ2n) is 4.11. The number of halogens is 1. The molecule has 7 heteroatoms. The minimum atomic E-state index is 0.00249. The normalized spacial score (nSPS) is 10.9. The van der Waals surface area contributed by atoms with Crippen molar-refractivity contribution in [3.05, 3.63) is 41.9 Å². The van der Waals surface area contributed by atoms with E-state index in [4.69, 9.17) is 16.7 Å². The van der Waals surface area contributed by atoms with E-state index in [0.29, 0.717) is 23.5 Å². The number of nitrogens with zero attached hydrogens (tertiary/aromatic N) is 4. The fourth-order valence-corrected chi connectivity index (χ4v) is 2.11. The van der Waals surface area contributed by atoms with Gasteiger partial charge in [0.2, 0.25) is 5.28 Å². The van der Waals surface area contributed by atoms with Gasteiger partial charge in [-0.25, -0.2) is 4.98 Å². The molecule has 0 saturated heterocycles. The predicted octanol–water partition coefficient (Wildman–Crippen LogP) is 1.87. The van der Waals surface area contributed by atoms with E-state index >= 15 is 0 Å². The topological polar surface area (TPSA) is 75.9 Å². The van der Waals surface area contributed by atoms with Crippen molar-refractivity contribution in [2.75, 3.05) is 18.5 Å². The minimum Gasteiger partial charge on any atom is -0.395 e. The zero-order chi connectivity index (χ0) is 13.9. The molecule has 0 unspecified atom stereocenters. The quantitative estimate of drug-likeness (QED) is 0.717. The summed E-state index contributed by atoms with van der Waals surface area (Å²) >= 11 is 5.95. The smallest absolute Gasteiger partial charge is 0.226 e. The predicted molar refractivity (Wildman–Crippen MR) is 77.2 cm³/mol. The molecule has 0 aliphatic rings. The van der Waals surface area contributed by atoms with Crippen molar-refractivity contribution in [1.29, 1.82) is 0 Å². The van der Waals surface area contributed by atoms with E-state index in [-0.39, 0.29) is 11.9 Å². The molecule has 2 aromatic heterocycles. The van der Waals surface area contributed by atoms with Crippen LogP contribution in [0.4, 0.5) is 5.82 Å². The maximum absolute atomic E-state index is 8.89. The van der Waals surface area contributed by atoms with Crippen molar-refractivity contribution < 1.29 is 5.11 Å². The standard InChI is InChI=1S/C13H12ClN5O/c14-13-17-11(15-6-7-20)10-12(18-13)19(8-16-10)9-4-2-1-3-5-9/h1-5,8,20H,6-7H2,(H,15,17,18). The Morgan fingerprint density at radius 3 is 2.75 bits per heavy atom. The minimum absolute atomic E-state index is 0.00249. The van der Waals surface area contributed by atoms with Crippen LogP contribution < -0.4 is 5.32 Å². The number of aliphatic hydroxyl groups is 1. The lowest BCUT2D eigenvalue weighted by atomic mass is 10.3. The number of imidazole rings is 1. The van der Waals surface area contributed by atoms with Crippen LogP contribution in [0, 0.1) is 0 Å². The Morgan fingerprint density at radius 1 is 1.20 bits per heavy atom. The highest BCUT2D eigenvalue weighted by Crippen LogP contribution is 2.23. The molecule has 6 nitrogen and oxygen atoms in total. The monoisotopic (exact) mass is 289 g/mol. The van der Waals surface area contributed by atoms with E-state index in [1.165, 1.54) is 0 Å². The summed E-state index contributed by atoms with van der Waals surface area (Å²) in [5, 5.41) is 12.0. The lowest BCUT2D eigenvalue weighted by Gasteiger charge is -2.06. The molecule has 0 bridgehead atoms. The summed E-state index contributed by atoms with van der Waals surface area (Å²) in [6.45, 7) is 0.378. The molecule has 2 heterocycles. The Hall–Kier alpha value is -2.18. The van der Waals surface area contributed by atoms with Crippen LogP contribution >= 0.6 is 11.6 Å². The van der Waals surface area contributed by atoms with Gasteiger partial charge < -0.3 is 10.4 Å². The van der Waals surface area contributed by atoms with E-state index in [1.807, 2.05) is 34.9 Å². The van der Waals surface area contributed by atoms with Gasteiger partial charge in [0.05, 0.1) is 6.61 Å². The maximum atomic E-state index is 8.89. The van der Waals surface area contributed by atoms with Crippen molar-refractivity contribution in [2.45, 2.75) is 0 Å². The fourth-order valence-electron chi connectivity index (χ4n) is 1.95. The molecular weight excluding hydrogens is 278 g/mol. The molecule has 3 rings (SSSR count). The van der Waals surface area contributed by atoms with Crippen LogP contribution in [0.2, 0.25) is 5.28 Å². The Balaban J connectivity index is 2.15. The molecule has 0 fully saturated rings. The van der Waals surface area contributed by atoms with Gasteiger partial charge in [0.15, 0.2) is 17.0 Å². The summed E-state index contributed by atoms with van der Waals surface area (Å²) < 4.78 is 1.84. The number of benzene rings is 1. The first-order valence-corrected chi connectivity index (χ1v) is 6.48. The molecule has 0 radical (unpaired) electrons. The molecule has 20 heavy (non-hydrogen) atoms. The number of aliphatic hydroxyl groups excluding tert-OH is 1. The second-order valence-corrected chi connectivity index (χ2v) is 4.45. The molecule has 3 aromatic rings. The highest BCUT2D eigenvalue weighted by molar-refractivity contribution is 6.28. The van der Waals surface area contributed by atoms with Crippen molar-refractivity contribution in [1.82, 2.24) is 19.5 Å². The van der Waals surface area contributed by atoms with Crippen LogP contribution in [-0.4, -0.2) is 37.8 Å². The third-order valence-electron chi connectivity index (χ3n) is 2.81. The highest BCUT2D eigenvalue weighted by Gasteiger charge is 2.13. The van der Waals surface area contributed by atoms with E-state index in [9.17, 15) is 0 Å². The van der Waals surface area contributed by atoms with Crippen molar-refractivity contribution >= 4 is 28.6 Å². The van der Waals surface area contributed by atoms with Gasteiger partial charge in [-0.1, -0.05) is 18.2 Å². The maximum Gasteiger partial charge on any atom is 0.226 e. The number of rotatable bonds is 4. The zero-order valence-electron chi connectivity index (χ0n) is 10.5. The lowest BCUT2D eigenvalue weighted by molar-refractivity contribution is 0.311. The molecular formula is C13H12ClN5O. The number of hydrogen-bond donors (Lipinski definition) is 2. The SMILES string of the molecule is OCCNc1nc(Cl)nc2c1ncn2-c1ccccc1. The number of hydrogen-bond acceptors (Lipinski definition) is 5. The number of fused-ring (bicyclic) bond motifs is 1. The zero-order valence-corrected chi connectivity index (χ0v) is 11.2. The molecule has 0 aliphatic heterocycles. The number of aromatic nitrogens is 4. The highest BCUT2D eigenvalue weighted by atomic mass is 35.5. The van der Waals surface area contributed by atoms with Crippen LogP contribution in [-0.2, 0) is 0 Å². The Morgan fingerprint density at radius 2 is 2.00 bits per heavy atom. The van der Waals surface area contributed by atoms with E-state index < -0.39 is 0 Å². The van der Waals surface area contributed by atoms with Crippen LogP contribution in [0.15, 0.2) is 36.7 Å². The summed E-state index contributed by atoms with van der Waals surface area (Å²) in [5.74, 6) is 0.517. The van der Waals surface area contributed by atoms with Gasteiger partial charge >= 0.3 is 0 Å². The summed E-state index contributed by atoms with van der Waals surface area (Å²) in [6.07, 6.45) is 1.68. The van der Waals surface area contributed by atoms with E-state index in [1.54, 1.807) is 6.33 Å². The summed E-state index contributed by atoms with van der Waals surface area (Å²) in [4.78, 5) is 12.7. The van der Waals surface area contributed by atoms with Crippen molar-refractivity contribution in [3.63, 3.8) is 0 Å². The molecule has 102 valence electrons. The van der Waals surface area contributed by atoms with Gasteiger partial charge in [-0.05, 0) is 23.7 Å². The first-order valence-electron chi connectivity index (χ1n) is 6.10. The first-order chi connectivity index (χ1) is 9.79. The summed E-state index contributed by atoms with van der Waals surface area (Å²) in [7, 11) is 0. The Labute approximate surface area is 120 Å². The van der Waals surface area contributed by atoms with Crippen LogP contribution in [0.1, 0.15) is 0 Å². The van der Waals surface area contributed by atoms with Crippen molar-refractivity contribution in [2.24, 2.45) is 0 Å². The average molecular weight is 290 g/mol. The van der Waals surface area contributed by atoms with E-state index in [2.05, 4.69) is 20.3 Å². The molecule has 0 saturated carbocycles. The summed E-state index contributed by atoms with van der Waals surface area (Å²) in [6, 6.07) is 9.73. The lowest BCUT2D eigenvalue weighted by Crippen LogP contribution is -2.08. The van der Waals surface area contributed by atoms with Gasteiger partial charge in [0, 0.05) is 12.2 Å². The van der Waals surface area contributed by atoms with Crippen LogP contribution in [0.3, 0.4) is 0 Å². The van der Waals surface area contributed by atoms with Gasteiger partial charge in [-0.15, -0.1) is 0 Å². The first kappa shape index (κ1) is 12.8. The molecule has 0 atom stereocenters. The third-order valence-corrected chi connectivity index (χ3v) is 2.98. The third kappa shape index (κ3) is 2.31. The van der Waals surface area contributed by atoms with Gasteiger partial charge in [0.25, 0.3) is 0 Å². The summed E-state index contributed by atoms with van der Waals surface area (Å²) in [5.41, 5.74) is 2.18. The average Bonchev–Trinajstić information content (AvgIpc) is 2.89. The van der Waals surface area contributed by atoms with Crippen molar-refractivity contribution in [3.8, 4) is 5.69 Å².